The van der Waals surface area contributed by atoms with Crippen LogP contribution in [0.4, 0.5) is 11.8 Å². The molecule has 1 aromatic heterocycles. The lowest BCUT2D eigenvalue weighted by atomic mass is 10.1. The van der Waals surface area contributed by atoms with Gasteiger partial charge in [0, 0.05) is 52.0 Å². The van der Waals surface area contributed by atoms with Crippen LogP contribution in [0.15, 0.2) is 30.5 Å². The SMILES string of the molecule is c1cc(N2CCN(Cc3ccc4c(c3)OCO4)CC2)nc(N2CCCCCC2)n1. The van der Waals surface area contributed by atoms with Crippen LogP contribution in [0.3, 0.4) is 0 Å². The van der Waals surface area contributed by atoms with Crippen molar-refractivity contribution in [1.82, 2.24) is 14.9 Å². The van der Waals surface area contributed by atoms with Gasteiger partial charge in [-0.3, -0.25) is 4.90 Å². The zero-order valence-corrected chi connectivity index (χ0v) is 16.9. The molecule has 3 aliphatic heterocycles. The van der Waals surface area contributed by atoms with E-state index < -0.39 is 0 Å². The van der Waals surface area contributed by atoms with Gasteiger partial charge < -0.3 is 19.3 Å². The van der Waals surface area contributed by atoms with Crippen LogP contribution < -0.4 is 19.3 Å². The van der Waals surface area contributed by atoms with Crippen LogP contribution in [0.5, 0.6) is 11.5 Å². The largest absolute Gasteiger partial charge is 0.454 e. The Kier molecular flexibility index (Phi) is 5.39. The average Bonchev–Trinajstić information content (AvgIpc) is 3.06. The van der Waals surface area contributed by atoms with Crippen molar-refractivity contribution < 1.29 is 9.47 Å². The summed E-state index contributed by atoms with van der Waals surface area (Å²) >= 11 is 0. The van der Waals surface area contributed by atoms with E-state index in [4.69, 9.17) is 14.5 Å². The van der Waals surface area contributed by atoms with E-state index in [9.17, 15) is 0 Å². The molecule has 0 spiro atoms. The maximum absolute atomic E-state index is 5.51. The molecular weight excluding hydrogens is 366 g/mol. The molecule has 29 heavy (non-hydrogen) atoms. The highest BCUT2D eigenvalue weighted by Gasteiger charge is 2.21. The summed E-state index contributed by atoms with van der Waals surface area (Å²) in [7, 11) is 0. The first-order valence-electron chi connectivity index (χ1n) is 10.8. The molecule has 2 saturated heterocycles. The van der Waals surface area contributed by atoms with Crippen LogP contribution in [-0.2, 0) is 6.54 Å². The summed E-state index contributed by atoms with van der Waals surface area (Å²) in [5.74, 6) is 3.67. The van der Waals surface area contributed by atoms with Gasteiger partial charge in [0.15, 0.2) is 11.5 Å². The fourth-order valence-electron chi connectivity index (χ4n) is 4.37. The fourth-order valence-corrected chi connectivity index (χ4v) is 4.37. The molecule has 0 unspecified atom stereocenters. The Hall–Kier alpha value is -2.54. The number of anilines is 2. The van der Waals surface area contributed by atoms with Crippen LogP contribution in [0.1, 0.15) is 31.2 Å². The molecule has 2 aromatic rings. The third-order valence-corrected chi connectivity index (χ3v) is 6.06. The molecule has 0 saturated carbocycles. The van der Waals surface area contributed by atoms with E-state index in [1.54, 1.807) is 0 Å². The summed E-state index contributed by atoms with van der Waals surface area (Å²) in [6, 6.07) is 8.30. The minimum absolute atomic E-state index is 0.329. The van der Waals surface area contributed by atoms with Crippen LogP contribution in [0.25, 0.3) is 0 Å². The third kappa shape index (κ3) is 4.24. The fraction of sp³-hybridized carbons (Fsp3) is 0.545. The Morgan fingerprint density at radius 1 is 0.793 bits per heavy atom. The molecule has 0 N–H and O–H groups in total. The van der Waals surface area contributed by atoms with Gasteiger partial charge in [0.05, 0.1) is 0 Å². The van der Waals surface area contributed by atoms with Gasteiger partial charge in [-0.2, -0.15) is 4.98 Å². The van der Waals surface area contributed by atoms with Crippen molar-refractivity contribution in [3.8, 4) is 11.5 Å². The van der Waals surface area contributed by atoms with Gasteiger partial charge in [-0.25, -0.2) is 4.98 Å². The number of hydrogen-bond donors (Lipinski definition) is 0. The number of ether oxygens (including phenoxy) is 2. The van der Waals surface area contributed by atoms with Crippen LogP contribution in [-0.4, -0.2) is 60.9 Å². The van der Waals surface area contributed by atoms with Crippen LogP contribution in [0.2, 0.25) is 0 Å². The molecule has 0 radical (unpaired) electrons. The number of piperazine rings is 1. The molecule has 4 heterocycles. The molecule has 0 atom stereocenters. The van der Waals surface area contributed by atoms with E-state index >= 15 is 0 Å². The highest BCUT2D eigenvalue weighted by atomic mass is 16.7. The van der Waals surface area contributed by atoms with Crippen molar-refractivity contribution in [2.75, 3.05) is 55.9 Å². The first-order valence-corrected chi connectivity index (χ1v) is 10.8. The number of hydrogen-bond acceptors (Lipinski definition) is 7. The number of rotatable bonds is 4. The number of nitrogens with zero attached hydrogens (tertiary/aromatic N) is 5. The lowest BCUT2D eigenvalue weighted by Crippen LogP contribution is -2.46. The molecule has 3 aliphatic rings. The van der Waals surface area contributed by atoms with E-state index in [1.165, 1.54) is 31.2 Å². The monoisotopic (exact) mass is 395 g/mol. The van der Waals surface area contributed by atoms with E-state index in [0.29, 0.717) is 6.79 Å². The molecule has 5 rings (SSSR count). The molecule has 0 amide bonds. The second-order valence-corrected chi connectivity index (χ2v) is 8.07. The molecule has 7 nitrogen and oxygen atoms in total. The first-order chi connectivity index (χ1) is 14.3. The van der Waals surface area contributed by atoms with Crippen molar-refractivity contribution in [1.29, 1.82) is 0 Å². The number of fused-ring (bicyclic) bond motifs is 1. The van der Waals surface area contributed by atoms with Gasteiger partial charge in [-0.1, -0.05) is 18.9 Å². The Balaban J connectivity index is 1.19. The summed E-state index contributed by atoms with van der Waals surface area (Å²) in [6.07, 6.45) is 7.04. The minimum Gasteiger partial charge on any atom is -0.454 e. The zero-order valence-electron chi connectivity index (χ0n) is 16.9. The standard InChI is InChI=1S/C22H29N5O2/c1-2-4-10-27(9-3-1)22-23-8-7-21(24-22)26-13-11-25(12-14-26)16-18-5-6-19-20(15-18)29-17-28-19/h5-8,15H,1-4,9-14,16-17H2. The Morgan fingerprint density at radius 2 is 1.59 bits per heavy atom. The second-order valence-electron chi connectivity index (χ2n) is 8.07. The topological polar surface area (TPSA) is 54.0 Å². The summed E-state index contributed by atoms with van der Waals surface area (Å²) in [4.78, 5) is 16.7. The number of aromatic nitrogens is 2. The second kappa shape index (κ2) is 8.45. The van der Waals surface area contributed by atoms with Crippen molar-refractivity contribution in [2.45, 2.75) is 32.2 Å². The predicted octanol–water partition coefficient (Wildman–Crippen LogP) is 2.91. The van der Waals surface area contributed by atoms with E-state index in [-0.39, 0.29) is 0 Å². The Labute approximate surface area is 172 Å². The summed E-state index contributed by atoms with van der Waals surface area (Å²) in [5, 5.41) is 0. The molecule has 0 aliphatic carbocycles. The Morgan fingerprint density at radius 3 is 2.41 bits per heavy atom. The quantitative estimate of drug-likeness (QED) is 0.789. The lowest BCUT2D eigenvalue weighted by molar-refractivity contribution is 0.174. The van der Waals surface area contributed by atoms with Gasteiger partial charge in [-0.05, 0) is 36.6 Å². The van der Waals surface area contributed by atoms with Crippen molar-refractivity contribution >= 4 is 11.8 Å². The Bertz CT molecular complexity index is 830. The van der Waals surface area contributed by atoms with Gasteiger partial charge in [0.2, 0.25) is 12.7 Å². The highest BCUT2D eigenvalue weighted by molar-refractivity contribution is 5.45. The average molecular weight is 396 g/mol. The smallest absolute Gasteiger partial charge is 0.231 e. The van der Waals surface area contributed by atoms with E-state index in [0.717, 1.165) is 69.1 Å². The van der Waals surface area contributed by atoms with Gasteiger partial charge in [-0.15, -0.1) is 0 Å². The molecule has 7 heteroatoms. The van der Waals surface area contributed by atoms with Crippen molar-refractivity contribution in [3.05, 3.63) is 36.0 Å². The van der Waals surface area contributed by atoms with Gasteiger partial charge in [0.1, 0.15) is 5.82 Å². The molecule has 154 valence electrons. The molecular formula is C22H29N5O2. The maximum Gasteiger partial charge on any atom is 0.231 e. The normalized spacial score (nSPS) is 20.0. The minimum atomic E-state index is 0.329. The summed E-state index contributed by atoms with van der Waals surface area (Å²) in [6.45, 7) is 7.44. The summed E-state index contributed by atoms with van der Waals surface area (Å²) < 4.78 is 10.9. The molecule has 2 fully saturated rings. The highest BCUT2D eigenvalue weighted by Crippen LogP contribution is 2.33. The maximum atomic E-state index is 5.51. The third-order valence-electron chi connectivity index (χ3n) is 6.06. The van der Waals surface area contributed by atoms with Crippen molar-refractivity contribution in [3.63, 3.8) is 0 Å². The molecule has 1 aromatic carbocycles. The van der Waals surface area contributed by atoms with Crippen molar-refractivity contribution in [2.24, 2.45) is 0 Å². The summed E-state index contributed by atoms with van der Waals surface area (Å²) in [5.41, 5.74) is 1.27. The lowest BCUT2D eigenvalue weighted by Gasteiger charge is -2.35. The van der Waals surface area contributed by atoms with Crippen LogP contribution >= 0.6 is 0 Å². The van der Waals surface area contributed by atoms with E-state index in [1.807, 2.05) is 12.3 Å². The first kappa shape index (κ1) is 18.5. The predicted molar refractivity (Wildman–Crippen MR) is 113 cm³/mol. The van der Waals surface area contributed by atoms with Gasteiger partial charge >= 0.3 is 0 Å². The zero-order chi connectivity index (χ0) is 19.5. The van der Waals surface area contributed by atoms with Crippen LogP contribution in [0, 0.1) is 0 Å². The van der Waals surface area contributed by atoms with E-state index in [2.05, 4.69) is 37.9 Å². The number of benzene rings is 1. The molecule has 0 bridgehead atoms. The van der Waals surface area contributed by atoms with Gasteiger partial charge in [0.25, 0.3) is 0 Å².